The molecule has 1 aliphatic heterocycles. The number of aromatic nitrogens is 2. The van der Waals surface area contributed by atoms with Gasteiger partial charge in [0.15, 0.2) is 0 Å². The zero-order valence-corrected chi connectivity index (χ0v) is 13.3. The number of anilines is 1. The molecule has 1 fully saturated rings. The normalized spacial score (nSPS) is 15.2. The zero-order chi connectivity index (χ0) is 16.1. The molecule has 1 aliphatic rings. The first-order valence-electron chi connectivity index (χ1n) is 7.91. The van der Waals surface area contributed by atoms with Gasteiger partial charge in [-0.2, -0.15) is 5.26 Å². The van der Waals surface area contributed by atoms with Crippen molar-refractivity contribution in [3.05, 3.63) is 47.9 Å². The molecule has 5 heteroatoms. The number of piperidine rings is 1. The van der Waals surface area contributed by atoms with Crippen molar-refractivity contribution in [1.29, 1.82) is 5.26 Å². The summed E-state index contributed by atoms with van der Waals surface area (Å²) >= 11 is 0. The van der Waals surface area contributed by atoms with E-state index in [0.717, 1.165) is 43.1 Å². The summed E-state index contributed by atoms with van der Waals surface area (Å²) in [4.78, 5) is 10.7. The van der Waals surface area contributed by atoms with Crippen molar-refractivity contribution in [3.63, 3.8) is 0 Å². The summed E-state index contributed by atoms with van der Waals surface area (Å²) in [6, 6.07) is 7.94. The van der Waals surface area contributed by atoms with Gasteiger partial charge in [-0.05, 0) is 37.8 Å². The lowest BCUT2D eigenvalue weighted by Gasteiger charge is -2.33. The predicted molar refractivity (Wildman–Crippen MR) is 88.4 cm³/mol. The molecule has 0 aliphatic carbocycles. The Balaban J connectivity index is 1.55. The van der Waals surface area contributed by atoms with Crippen LogP contribution in [0.25, 0.3) is 0 Å². The molecule has 0 amide bonds. The Kier molecular flexibility index (Phi) is 4.72. The first kappa shape index (κ1) is 15.3. The van der Waals surface area contributed by atoms with Gasteiger partial charge in [0.05, 0.1) is 24.1 Å². The van der Waals surface area contributed by atoms with Gasteiger partial charge in [0.25, 0.3) is 0 Å². The molecule has 3 heterocycles. The van der Waals surface area contributed by atoms with Crippen LogP contribution in [0.2, 0.25) is 0 Å². The highest BCUT2D eigenvalue weighted by molar-refractivity contribution is 5.57. The summed E-state index contributed by atoms with van der Waals surface area (Å²) in [5.41, 5.74) is 2.70. The largest absolute Gasteiger partial charge is 0.477 e. The van der Waals surface area contributed by atoms with Crippen molar-refractivity contribution in [2.24, 2.45) is 5.92 Å². The van der Waals surface area contributed by atoms with Gasteiger partial charge in [-0.15, -0.1) is 0 Å². The van der Waals surface area contributed by atoms with Crippen LogP contribution >= 0.6 is 0 Å². The van der Waals surface area contributed by atoms with Gasteiger partial charge >= 0.3 is 0 Å². The van der Waals surface area contributed by atoms with Crippen molar-refractivity contribution in [3.8, 4) is 11.9 Å². The Morgan fingerprint density at radius 1 is 1.30 bits per heavy atom. The second-order valence-electron chi connectivity index (χ2n) is 5.87. The monoisotopic (exact) mass is 308 g/mol. The van der Waals surface area contributed by atoms with Crippen LogP contribution in [0.3, 0.4) is 0 Å². The molecular weight excluding hydrogens is 288 g/mol. The van der Waals surface area contributed by atoms with Crippen LogP contribution in [0.15, 0.2) is 36.8 Å². The van der Waals surface area contributed by atoms with E-state index in [9.17, 15) is 5.26 Å². The number of hydrogen-bond acceptors (Lipinski definition) is 5. The maximum Gasteiger partial charge on any atom is 0.216 e. The van der Waals surface area contributed by atoms with Gasteiger partial charge in [-0.25, -0.2) is 4.98 Å². The minimum Gasteiger partial charge on any atom is -0.477 e. The molecule has 2 aromatic heterocycles. The first-order chi connectivity index (χ1) is 11.3. The van der Waals surface area contributed by atoms with Crippen molar-refractivity contribution in [2.75, 3.05) is 24.6 Å². The van der Waals surface area contributed by atoms with Crippen LogP contribution in [0.5, 0.6) is 5.88 Å². The molecule has 0 unspecified atom stereocenters. The lowest BCUT2D eigenvalue weighted by atomic mass is 9.97. The highest BCUT2D eigenvalue weighted by atomic mass is 16.5. The molecule has 0 atom stereocenters. The minimum atomic E-state index is 0.523. The van der Waals surface area contributed by atoms with E-state index in [1.54, 1.807) is 24.7 Å². The number of hydrogen-bond donors (Lipinski definition) is 0. The Morgan fingerprint density at radius 2 is 2.13 bits per heavy atom. The molecule has 0 radical (unpaired) electrons. The number of pyridine rings is 2. The van der Waals surface area contributed by atoms with Crippen molar-refractivity contribution < 1.29 is 4.74 Å². The van der Waals surface area contributed by atoms with E-state index >= 15 is 0 Å². The topological polar surface area (TPSA) is 62.0 Å². The zero-order valence-electron chi connectivity index (χ0n) is 13.3. The SMILES string of the molecule is Cc1cccnc1OCC1CCN(c2cnccc2C#N)CC1. The third-order valence-electron chi connectivity index (χ3n) is 4.29. The standard InChI is InChI=1S/C18H20N4O/c1-14-3-2-7-21-18(14)23-13-15-5-9-22(10-6-15)17-12-20-8-4-16(17)11-19/h2-4,7-8,12,15H,5-6,9-10,13H2,1H3. The molecule has 23 heavy (non-hydrogen) atoms. The molecule has 5 nitrogen and oxygen atoms in total. The van der Waals surface area contributed by atoms with Crippen LogP contribution in [-0.2, 0) is 0 Å². The Hall–Kier alpha value is -2.61. The maximum atomic E-state index is 9.21. The van der Waals surface area contributed by atoms with E-state index in [4.69, 9.17) is 4.74 Å². The third kappa shape index (κ3) is 3.59. The molecule has 0 spiro atoms. The summed E-state index contributed by atoms with van der Waals surface area (Å²) < 4.78 is 5.87. The van der Waals surface area contributed by atoms with Gasteiger partial charge in [-0.1, -0.05) is 6.07 Å². The number of nitrogens with zero attached hydrogens (tertiary/aromatic N) is 4. The highest BCUT2D eigenvalue weighted by Crippen LogP contribution is 2.26. The quantitative estimate of drug-likeness (QED) is 0.869. The summed E-state index contributed by atoms with van der Waals surface area (Å²) in [6.07, 6.45) is 7.30. The maximum absolute atomic E-state index is 9.21. The second-order valence-corrected chi connectivity index (χ2v) is 5.87. The van der Waals surface area contributed by atoms with Gasteiger partial charge in [-0.3, -0.25) is 4.98 Å². The Bertz CT molecular complexity index is 702. The fraction of sp³-hybridized carbons (Fsp3) is 0.389. The lowest BCUT2D eigenvalue weighted by molar-refractivity contribution is 0.215. The molecule has 0 aromatic carbocycles. The van der Waals surface area contributed by atoms with E-state index in [-0.39, 0.29) is 0 Å². The number of nitriles is 1. The summed E-state index contributed by atoms with van der Waals surface area (Å²) in [5.74, 6) is 1.25. The molecule has 118 valence electrons. The number of aryl methyl sites for hydroxylation is 1. The van der Waals surface area contributed by atoms with Crippen LogP contribution in [-0.4, -0.2) is 29.7 Å². The number of rotatable bonds is 4. The van der Waals surface area contributed by atoms with E-state index < -0.39 is 0 Å². The highest BCUT2D eigenvalue weighted by Gasteiger charge is 2.22. The van der Waals surface area contributed by atoms with Crippen molar-refractivity contribution in [1.82, 2.24) is 9.97 Å². The molecule has 0 bridgehead atoms. The smallest absolute Gasteiger partial charge is 0.216 e. The third-order valence-corrected chi connectivity index (χ3v) is 4.29. The van der Waals surface area contributed by atoms with Gasteiger partial charge in [0.1, 0.15) is 6.07 Å². The average molecular weight is 308 g/mol. The molecule has 0 N–H and O–H groups in total. The Morgan fingerprint density at radius 3 is 2.87 bits per heavy atom. The van der Waals surface area contributed by atoms with Gasteiger partial charge in [0, 0.05) is 31.0 Å². The predicted octanol–water partition coefficient (Wildman–Crippen LogP) is 2.95. The van der Waals surface area contributed by atoms with Crippen LogP contribution < -0.4 is 9.64 Å². The van der Waals surface area contributed by atoms with Crippen molar-refractivity contribution >= 4 is 5.69 Å². The van der Waals surface area contributed by atoms with Gasteiger partial charge in [0.2, 0.25) is 5.88 Å². The average Bonchev–Trinajstić information content (AvgIpc) is 2.61. The molecule has 2 aromatic rings. The van der Waals surface area contributed by atoms with Crippen LogP contribution in [0, 0.1) is 24.2 Å². The fourth-order valence-corrected chi connectivity index (χ4v) is 2.89. The fourth-order valence-electron chi connectivity index (χ4n) is 2.89. The summed E-state index contributed by atoms with van der Waals surface area (Å²) in [7, 11) is 0. The van der Waals surface area contributed by atoms with E-state index in [0.29, 0.717) is 18.1 Å². The molecule has 3 rings (SSSR count). The second kappa shape index (κ2) is 7.10. The first-order valence-corrected chi connectivity index (χ1v) is 7.91. The summed E-state index contributed by atoms with van der Waals surface area (Å²) in [5, 5.41) is 9.21. The lowest BCUT2D eigenvalue weighted by Crippen LogP contribution is -2.36. The molecule has 1 saturated heterocycles. The molecular formula is C18H20N4O. The number of ether oxygens (including phenoxy) is 1. The van der Waals surface area contributed by atoms with E-state index in [1.807, 2.05) is 19.1 Å². The minimum absolute atomic E-state index is 0.523. The van der Waals surface area contributed by atoms with Crippen LogP contribution in [0.1, 0.15) is 24.0 Å². The van der Waals surface area contributed by atoms with E-state index in [1.165, 1.54) is 0 Å². The summed E-state index contributed by atoms with van der Waals surface area (Å²) in [6.45, 7) is 4.56. The van der Waals surface area contributed by atoms with Crippen molar-refractivity contribution in [2.45, 2.75) is 19.8 Å². The molecule has 0 saturated carbocycles. The Labute approximate surface area is 136 Å². The van der Waals surface area contributed by atoms with Crippen LogP contribution in [0.4, 0.5) is 5.69 Å². The van der Waals surface area contributed by atoms with E-state index in [2.05, 4.69) is 20.9 Å². The van der Waals surface area contributed by atoms with Gasteiger partial charge < -0.3 is 9.64 Å².